The van der Waals surface area contributed by atoms with Crippen LogP contribution in [0.2, 0.25) is 0 Å². The highest BCUT2D eigenvalue weighted by molar-refractivity contribution is 7.71. The van der Waals surface area contributed by atoms with E-state index in [1.165, 1.54) is 0 Å². The Labute approximate surface area is 150 Å². The smallest absolute Gasteiger partial charge is 0.216 e. The molecule has 3 rings (SSSR count). The van der Waals surface area contributed by atoms with Gasteiger partial charge in [0.15, 0.2) is 5.82 Å². The molecule has 1 N–H and O–H groups in total. The summed E-state index contributed by atoms with van der Waals surface area (Å²) in [5, 5.41) is 11.5. The lowest BCUT2D eigenvalue weighted by Gasteiger charge is -2.05. The highest BCUT2D eigenvalue weighted by Crippen LogP contribution is 2.21. The molecule has 0 aliphatic rings. The summed E-state index contributed by atoms with van der Waals surface area (Å²) in [5.74, 6) is 2.21. The first-order chi connectivity index (χ1) is 12.2. The van der Waals surface area contributed by atoms with Crippen LogP contribution < -0.4 is 9.47 Å². The van der Waals surface area contributed by atoms with Gasteiger partial charge in [0.25, 0.3) is 0 Å². The zero-order chi connectivity index (χ0) is 17.6. The third-order valence-corrected chi connectivity index (χ3v) is 3.75. The Balaban J connectivity index is 1.91. The minimum atomic E-state index is 0.419. The van der Waals surface area contributed by atoms with Gasteiger partial charge in [0.1, 0.15) is 11.5 Å². The molecule has 0 unspecified atom stereocenters. The number of benzene rings is 2. The molecule has 0 atom stereocenters. The summed E-state index contributed by atoms with van der Waals surface area (Å²) < 4.78 is 12.7. The van der Waals surface area contributed by atoms with Crippen LogP contribution in [-0.4, -0.2) is 34.8 Å². The molecule has 0 spiro atoms. The molecule has 3 aromatic rings. The van der Waals surface area contributed by atoms with E-state index < -0.39 is 0 Å². The lowest BCUT2D eigenvalue weighted by Crippen LogP contribution is -1.96. The highest BCUT2D eigenvalue weighted by Gasteiger charge is 2.08. The summed E-state index contributed by atoms with van der Waals surface area (Å²) in [6.07, 6.45) is 1.71. The summed E-state index contributed by atoms with van der Waals surface area (Å²) in [7, 11) is 1.63. The number of hydrogen-bond donors (Lipinski definition) is 1. The van der Waals surface area contributed by atoms with Crippen LogP contribution in [0.4, 0.5) is 0 Å². The molecule has 0 bridgehead atoms. The Morgan fingerprint density at radius 3 is 2.72 bits per heavy atom. The molecule has 0 fully saturated rings. The van der Waals surface area contributed by atoms with Gasteiger partial charge in [-0.05, 0) is 61.1 Å². The van der Waals surface area contributed by atoms with Crippen molar-refractivity contribution >= 4 is 18.4 Å². The average molecular weight is 354 g/mol. The van der Waals surface area contributed by atoms with E-state index in [1.807, 2.05) is 55.5 Å². The van der Waals surface area contributed by atoms with Crippen LogP contribution in [0.15, 0.2) is 53.6 Å². The van der Waals surface area contributed by atoms with Crippen LogP contribution >= 0.6 is 12.2 Å². The maximum absolute atomic E-state index is 5.46. The van der Waals surface area contributed by atoms with Crippen molar-refractivity contribution in [2.45, 2.75) is 6.92 Å². The number of rotatable bonds is 6. The fraction of sp³-hybridized carbons (Fsp3) is 0.167. The molecular formula is C18H18N4O2S. The van der Waals surface area contributed by atoms with Crippen molar-refractivity contribution in [1.29, 1.82) is 0 Å². The van der Waals surface area contributed by atoms with Gasteiger partial charge in [-0.15, -0.1) is 0 Å². The van der Waals surface area contributed by atoms with Crippen LogP contribution in [0.5, 0.6) is 11.5 Å². The van der Waals surface area contributed by atoms with Crippen molar-refractivity contribution in [3.8, 4) is 22.9 Å². The van der Waals surface area contributed by atoms with E-state index in [0.717, 1.165) is 22.6 Å². The minimum Gasteiger partial charge on any atom is -0.497 e. The SMILES string of the molecule is CCOc1ccc(-c2n[nH]c(=S)n2/N=C\c2cccc(OC)c2)cc1. The number of ether oxygens (including phenoxy) is 2. The zero-order valence-electron chi connectivity index (χ0n) is 14.0. The molecule has 25 heavy (non-hydrogen) atoms. The summed E-state index contributed by atoms with van der Waals surface area (Å²) in [6.45, 7) is 2.58. The molecule has 0 saturated heterocycles. The van der Waals surface area contributed by atoms with E-state index in [9.17, 15) is 0 Å². The molecule has 0 aliphatic carbocycles. The number of aromatic amines is 1. The Kier molecular flexibility index (Phi) is 5.25. The van der Waals surface area contributed by atoms with Gasteiger partial charge in [-0.3, -0.25) is 0 Å². The second-order valence-corrected chi connectivity index (χ2v) is 5.53. The number of aromatic nitrogens is 3. The molecular weight excluding hydrogens is 336 g/mol. The number of hydrogen-bond acceptors (Lipinski definition) is 5. The first kappa shape index (κ1) is 16.9. The molecule has 128 valence electrons. The maximum Gasteiger partial charge on any atom is 0.216 e. The lowest BCUT2D eigenvalue weighted by molar-refractivity contribution is 0.340. The first-order valence-electron chi connectivity index (χ1n) is 7.80. The van der Waals surface area contributed by atoms with E-state index in [4.69, 9.17) is 21.7 Å². The van der Waals surface area contributed by atoms with Gasteiger partial charge >= 0.3 is 0 Å². The van der Waals surface area contributed by atoms with Gasteiger partial charge in [0.05, 0.1) is 19.9 Å². The molecule has 1 aromatic heterocycles. The van der Waals surface area contributed by atoms with Crippen LogP contribution in [-0.2, 0) is 0 Å². The fourth-order valence-corrected chi connectivity index (χ4v) is 2.48. The molecule has 0 amide bonds. The van der Waals surface area contributed by atoms with Crippen LogP contribution in [0.1, 0.15) is 12.5 Å². The van der Waals surface area contributed by atoms with Crippen molar-refractivity contribution < 1.29 is 9.47 Å². The Bertz CT molecular complexity index is 929. The van der Waals surface area contributed by atoms with Crippen molar-refractivity contribution in [1.82, 2.24) is 14.9 Å². The molecule has 1 heterocycles. The van der Waals surface area contributed by atoms with Crippen LogP contribution in [0.3, 0.4) is 0 Å². The minimum absolute atomic E-state index is 0.419. The van der Waals surface area contributed by atoms with E-state index in [0.29, 0.717) is 17.2 Å². The number of H-pyrrole nitrogens is 1. The first-order valence-corrected chi connectivity index (χ1v) is 8.21. The van der Waals surface area contributed by atoms with E-state index >= 15 is 0 Å². The summed E-state index contributed by atoms with van der Waals surface area (Å²) in [4.78, 5) is 0. The summed E-state index contributed by atoms with van der Waals surface area (Å²) in [6, 6.07) is 15.3. The fourth-order valence-electron chi connectivity index (χ4n) is 2.30. The van der Waals surface area contributed by atoms with Crippen LogP contribution in [0, 0.1) is 4.77 Å². The number of methoxy groups -OCH3 is 1. The summed E-state index contributed by atoms with van der Waals surface area (Å²) in [5.41, 5.74) is 1.79. The van der Waals surface area contributed by atoms with Gasteiger partial charge in [0, 0.05) is 5.56 Å². The molecule has 0 aliphatic heterocycles. The standard InChI is InChI=1S/C18H18N4O2S/c1-3-24-15-9-7-14(8-10-15)17-20-21-18(25)22(17)19-12-13-5-4-6-16(11-13)23-2/h4-12H,3H2,1-2H3,(H,21,25)/b19-12-. The molecule has 0 radical (unpaired) electrons. The normalized spacial score (nSPS) is 11.0. The van der Waals surface area contributed by atoms with Crippen molar-refractivity contribution in [3.05, 3.63) is 58.9 Å². The maximum atomic E-state index is 5.46. The topological polar surface area (TPSA) is 64.4 Å². The Hall–Kier alpha value is -2.93. The van der Waals surface area contributed by atoms with Gasteiger partial charge in [-0.2, -0.15) is 14.9 Å². The van der Waals surface area contributed by atoms with Crippen LogP contribution in [0.25, 0.3) is 11.4 Å². The second kappa shape index (κ2) is 7.76. The van der Waals surface area contributed by atoms with Gasteiger partial charge in [-0.25, -0.2) is 5.10 Å². The third kappa shape index (κ3) is 3.95. The van der Waals surface area contributed by atoms with Crippen molar-refractivity contribution in [3.63, 3.8) is 0 Å². The predicted molar refractivity (Wildman–Crippen MR) is 100 cm³/mol. The van der Waals surface area contributed by atoms with Gasteiger partial charge < -0.3 is 9.47 Å². The van der Waals surface area contributed by atoms with Gasteiger partial charge in [0.2, 0.25) is 4.77 Å². The van der Waals surface area contributed by atoms with E-state index in [1.54, 1.807) is 18.0 Å². The predicted octanol–water partition coefficient (Wildman–Crippen LogP) is 3.90. The van der Waals surface area contributed by atoms with Gasteiger partial charge in [-0.1, -0.05) is 12.1 Å². The Morgan fingerprint density at radius 1 is 1.20 bits per heavy atom. The largest absolute Gasteiger partial charge is 0.497 e. The lowest BCUT2D eigenvalue weighted by atomic mass is 10.2. The molecule has 2 aromatic carbocycles. The number of nitrogens with one attached hydrogen (secondary N) is 1. The van der Waals surface area contributed by atoms with Crippen molar-refractivity contribution in [2.24, 2.45) is 5.10 Å². The van der Waals surface area contributed by atoms with E-state index in [-0.39, 0.29) is 0 Å². The third-order valence-electron chi connectivity index (χ3n) is 3.49. The quantitative estimate of drug-likeness (QED) is 0.539. The zero-order valence-corrected chi connectivity index (χ0v) is 14.8. The number of nitrogens with zero attached hydrogens (tertiary/aromatic N) is 3. The molecule has 7 heteroatoms. The van der Waals surface area contributed by atoms with Crippen molar-refractivity contribution in [2.75, 3.05) is 13.7 Å². The summed E-state index contributed by atoms with van der Waals surface area (Å²) >= 11 is 5.29. The second-order valence-electron chi connectivity index (χ2n) is 5.14. The average Bonchev–Trinajstić information content (AvgIpc) is 3.02. The monoisotopic (exact) mass is 354 g/mol. The van der Waals surface area contributed by atoms with E-state index in [2.05, 4.69) is 15.3 Å². The highest BCUT2D eigenvalue weighted by atomic mass is 32.1. The Morgan fingerprint density at radius 2 is 2.00 bits per heavy atom. The molecule has 6 nitrogen and oxygen atoms in total. The molecule has 0 saturated carbocycles.